The largest absolute Gasteiger partial charge is 0.378 e. The Hall–Kier alpha value is -0.120. The van der Waals surface area contributed by atoms with Gasteiger partial charge in [-0.25, -0.2) is 0 Å². The van der Waals surface area contributed by atoms with E-state index in [2.05, 4.69) is 13.8 Å². The zero-order chi connectivity index (χ0) is 13.4. The molecule has 2 unspecified atom stereocenters. The van der Waals surface area contributed by atoms with Crippen LogP contribution < -0.4 is 0 Å². The Kier molecular flexibility index (Phi) is 7.87. The van der Waals surface area contributed by atoms with Crippen molar-refractivity contribution >= 4 is 0 Å². The van der Waals surface area contributed by atoms with Crippen LogP contribution in [-0.2, 0) is 14.2 Å². The predicted octanol–water partition coefficient (Wildman–Crippen LogP) is 3.62. The Bertz CT molecular complexity index is 192. The van der Waals surface area contributed by atoms with Gasteiger partial charge in [-0.1, -0.05) is 13.8 Å². The van der Waals surface area contributed by atoms with Gasteiger partial charge in [-0.2, -0.15) is 0 Å². The van der Waals surface area contributed by atoms with Gasteiger partial charge in [0.2, 0.25) is 0 Å². The lowest BCUT2D eigenvalue weighted by Crippen LogP contribution is -2.28. The van der Waals surface area contributed by atoms with E-state index in [1.54, 1.807) is 0 Å². The molecule has 0 aromatic heterocycles. The third-order valence-corrected chi connectivity index (χ3v) is 3.55. The summed E-state index contributed by atoms with van der Waals surface area (Å²) >= 11 is 0. The van der Waals surface area contributed by atoms with Crippen molar-refractivity contribution in [1.82, 2.24) is 0 Å². The molecule has 18 heavy (non-hydrogen) atoms. The Balaban J connectivity index is 2.18. The van der Waals surface area contributed by atoms with Crippen LogP contribution in [0.1, 0.15) is 53.4 Å². The molecule has 1 aliphatic rings. The summed E-state index contributed by atoms with van der Waals surface area (Å²) < 4.78 is 17.0. The van der Waals surface area contributed by atoms with Gasteiger partial charge in [-0.3, -0.25) is 0 Å². The normalized spacial score (nSPS) is 28.8. The van der Waals surface area contributed by atoms with E-state index in [1.165, 1.54) is 19.3 Å². The minimum absolute atomic E-state index is 0.0987. The third-order valence-electron chi connectivity index (χ3n) is 3.55. The Morgan fingerprint density at radius 1 is 0.944 bits per heavy atom. The van der Waals surface area contributed by atoms with Gasteiger partial charge in [0.05, 0.1) is 12.7 Å². The molecule has 0 aromatic rings. The molecule has 1 aliphatic carbocycles. The standard InChI is InChI=1S/C15H30O3/c1-5-16-15(17-6-2)7-8-18-14-10-12(3)9-13(4)11-14/h12-15H,5-11H2,1-4H3. The van der Waals surface area contributed by atoms with E-state index in [4.69, 9.17) is 14.2 Å². The van der Waals surface area contributed by atoms with Crippen LogP contribution in [0.3, 0.4) is 0 Å². The summed E-state index contributed by atoms with van der Waals surface area (Å²) in [7, 11) is 0. The summed E-state index contributed by atoms with van der Waals surface area (Å²) in [6, 6.07) is 0. The molecule has 0 aliphatic heterocycles. The second-order valence-corrected chi connectivity index (χ2v) is 5.54. The van der Waals surface area contributed by atoms with Gasteiger partial charge in [0.15, 0.2) is 6.29 Å². The van der Waals surface area contributed by atoms with Crippen LogP contribution in [0.15, 0.2) is 0 Å². The maximum Gasteiger partial charge on any atom is 0.159 e. The molecule has 1 saturated carbocycles. The minimum Gasteiger partial charge on any atom is -0.378 e. The van der Waals surface area contributed by atoms with Gasteiger partial charge in [0.1, 0.15) is 0 Å². The van der Waals surface area contributed by atoms with Crippen LogP contribution >= 0.6 is 0 Å². The monoisotopic (exact) mass is 258 g/mol. The second kappa shape index (κ2) is 8.89. The molecule has 0 bridgehead atoms. The van der Waals surface area contributed by atoms with E-state index >= 15 is 0 Å². The molecule has 0 spiro atoms. The first-order valence-corrected chi connectivity index (χ1v) is 7.50. The summed E-state index contributed by atoms with van der Waals surface area (Å²) in [5, 5.41) is 0. The van der Waals surface area contributed by atoms with E-state index < -0.39 is 0 Å². The number of rotatable bonds is 8. The van der Waals surface area contributed by atoms with Crippen LogP contribution in [0.4, 0.5) is 0 Å². The lowest BCUT2D eigenvalue weighted by molar-refractivity contribution is -0.151. The maximum absolute atomic E-state index is 5.99. The fourth-order valence-corrected chi connectivity index (χ4v) is 2.93. The summed E-state index contributed by atoms with van der Waals surface area (Å²) in [6.07, 6.45) is 4.93. The molecular weight excluding hydrogens is 228 g/mol. The van der Waals surface area contributed by atoms with E-state index in [0.29, 0.717) is 19.3 Å². The molecule has 0 aromatic carbocycles. The van der Waals surface area contributed by atoms with Crippen LogP contribution in [0, 0.1) is 11.8 Å². The summed E-state index contributed by atoms with van der Waals surface area (Å²) in [5.41, 5.74) is 0. The van der Waals surface area contributed by atoms with Crippen LogP contribution in [0.2, 0.25) is 0 Å². The van der Waals surface area contributed by atoms with Crippen LogP contribution in [-0.4, -0.2) is 32.2 Å². The van der Waals surface area contributed by atoms with Gasteiger partial charge >= 0.3 is 0 Å². The molecule has 0 saturated heterocycles. The summed E-state index contributed by atoms with van der Waals surface area (Å²) in [4.78, 5) is 0. The van der Waals surface area contributed by atoms with Gasteiger partial charge < -0.3 is 14.2 Å². The summed E-state index contributed by atoms with van der Waals surface area (Å²) in [6.45, 7) is 10.8. The van der Waals surface area contributed by atoms with E-state index in [9.17, 15) is 0 Å². The lowest BCUT2D eigenvalue weighted by Gasteiger charge is -2.31. The highest BCUT2D eigenvalue weighted by atomic mass is 16.7. The average Bonchev–Trinajstić information content (AvgIpc) is 2.28. The van der Waals surface area contributed by atoms with Crippen molar-refractivity contribution < 1.29 is 14.2 Å². The highest BCUT2D eigenvalue weighted by molar-refractivity contribution is 4.75. The Morgan fingerprint density at radius 3 is 2.00 bits per heavy atom. The van der Waals surface area contributed by atoms with Crippen LogP contribution in [0.25, 0.3) is 0 Å². The van der Waals surface area contributed by atoms with Crippen molar-refractivity contribution in [2.75, 3.05) is 19.8 Å². The first-order valence-electron chi connectivity index (χ1n) is 7.50. The van der Waals surface area contributed by atoms with Crippen molar-refractivity contribution in [1.29, 1.82) is 0 Å². The van der Waals surface area contributed by atoms with Crippen molar-refractivity contribution in [3.8, 4) is 0 Å². The molecule has 0 heterocycles. The molecular formula is C15H30O3. The van der Waals surface area contributed by atoms with Crippen molar-refractivity contribution in [3.05, 3.63) is 0 Å². The fourth-order valence-electron chi connectivity index (χ4n) is 2.93. The first kappa shape index (κ1) is 15.9. The molecule has 0 radical (unpaired) electrons. The van der Waals surface area contributed by atoms with E-state index in [1.807, 2.05) is 13.8 Å². The SMILES string of the molecule is CCOC(CCOC1CC(C)CC(C)C1)OCC. The van der Waals surface area contributed by atoms with Crippen LogP contribution in [0.5, 0.6) is 0 Å². The maximum atomic E-state index is 5.99. The number of hydrogen-bond acceptors (Lipinski definition) is 3. The quantitative estimate of drug-likeness (QED) is 0.622. The summed E-state index contributed by atoms with van der Waals surface area (Å²) in [5.74, 6) is 1.60. The van der Waals surface area contributed by atoms with Gasteiger partial charge in [-0.05, 0) is 44.9 Å². The zero-order valence-corrected chi connectivity index (χ0v) is 12.5. The Morgan fingerprint density at radius 2 is 1.50 bits per heavy atom. The zero-order valence-electron chi connectivity index (χ0n) is 12.5. The van der Waals surface area contributed by atoms with Crippen molar-refractivity contribution in [2.24, 2.45) is 11.8 Å². The van der Waals surface area contributed by atoms with Gasteiger partial charge in [0, 0.05) is 19.6 Å². The van der Waals surface area contributed by atoms with E-state index in [-0.39, 0.29) is 6.29 Å². The predicted molar refractivity (Wildman–Crippen MR) is 73.6 cm³/mol. The topological polar surface area (TPSA) is 27.7 Å². The molecule has 1 fully saturated rings. The van der Waals surface area contributed by atoms with E-state index in [0.717, 1.165) is 24.9 Å². The molecule has 0 amide bonds. The molecule has 2 atom stereocenters. The minimum atomic E-state index is -0.0987. The first-order chi connectivity index (χ1) is 8.65. The highest BCUT2D eigenvalue weighted by Gasteiger charge is 2.24. The second-order valence-electron chi connectivity index (χ2n) is 5.54. The molecule has 108 valence electrons. The highest BCUT2D eigenvalue weighted by Crippen LogP contribution is 2.30. The van der Waals surface area contributed by atoms with Crippen molar-refractivity contribution in [3.63, 3.8) is 0 Å². The number of ether oxygens (including phenoxy) is 3. The average molecular weight is 258 g/mol. The molecule has 3 nitrogen and oxygen atoms in total. The van der Waals surface area contributed by atoms with Gasteiger partial charge in [0.25, 0.3) is 0 Å². The Labute approximate surface area is 112 Å². The van der Waals surface area contributed by atoms with Gasteiger partial charge in [-0.15, -0.1) is 0 Å². The third kappa shape index (κ3) is 6.17. The smallest absolute Gasteiger partial charge is 0.159 e. The number of hydrogen-bond donors (Lipinski definition) is 0. The molecule has 3 heteroatoms. The fraction of sp³-hybridized carbons (Fsp3) is 1.00. The molecule has 1 rings (SSSR count). The van der Waals surface area contributed by atoms with Crippen molar-refractivity contribution in [2.45, 2.75) is 65.8 Å². The lowest BCUT2D eigenvalue weighted by atomic mass is 9.82. The molecule has 0 N–H and O–H groups in total.